The normalized spacial score (nSPS) is 13.8. The van der Waals surface area contributed by atoms with Gasteiger partial charge in [-0.2, -0.15) is 0 Å². The first-order valence-corrected chi connectivity index (χ1v) is 11.0. The molecule has 0 amide bonds. The van der Waals surface area contributed by atoms with Crippen molar-refractivity contribution >= 4 is 15.9 Å². The van der Waals surface area contributed by atoms with Crippen LogP contribution < -0.4 is 0 Å². The minimum Gasteiger partial charge on any atom is -0.0928 e. The molecule has 0 bridgehead atoms. The van der Waals surface area contributed by atoms with Gasteiger partial charge < -0.3 is 0 Å². The molecule has 0 aromatic rings. The van der Waals surface area contributed by atoms with Crippen molar-refractivity contribution < 1.29 is 0 Å². The highest BCUT2D eigenvalue weighted by atomic mass is 79.9. The van der Waals surface area contributed by atoms with Crippen LogP contribution in [0.15, 0.2) is 23.8 Å². The molecule has 0 atom stereocenters. The van der Waals surface area contributed by atoms with Gasteiger partial charge in [-0.05, 0) is 25.7 Å². The lowest BCUT2D eigenvalue weighted by Gasteiger charge is -2.03. The number of halogens is 1. The van der Waals surface area contributed by atoms with Crippen LogP contribution in [0.3, 0.4) is 0 Å². The number of alkyl halides is 1. The number of hydrogen-bond acceptors (Lipinski definition) is 0. The fourth-order valence-electron chi connectivity index (χ4n) is 3.24. The second-order valence-corrected chi connectivity index (χ2v) is 7.60. The van der Waals surface area contributed by atoms with Crippen molar-refractivity contribution in [3.05, 3.63) is 23.8 Å². The van der Waals surface area contributed by atoms with E-state index in [1.54, 1.807) is 5.57 Å². The Hall–Kier alpha value is -0.0400. The molecule has 0 aromatic heterocycles. The number of hydrogen-bond donors (Lipinski definition) is 0. The van der Waals surface area contributed by atoms with Gasteiger partial charge in [-0.3, -0.25) is 0 Å². The molecule has 0 fully saturated rings. The number of allylic oxidation sites excluding steroid dienone is 4. The summed E-state index contributed by atoms with van der Waals surface area (Å²) in [6, 6.07) is 0. The van der Waals surface area contributed by atoms with Gasteiger partial charge in [0.15, 0.2) is 0 Å². The molecular formula is C21H37Br. The van der Waals surface area contributed by atoms with E-state index >= 15 is 0 Å². The van der Waals surface area contributed by atoms with Crippen LogP contribution in [0, 0.1) is 0 Å². The molecular weight excluding hydrogens is 332 g/mol. The fourth-order valence-corrected chi connectivity index (χ4v) is 3.63. The molecule has 1 aliphatic rings. The molecule has 22 heavy (non-hydrogen) atoms. The molecule has 0 radical (unpaired) electrons. The third-order valence-corrected chi connectivity index (χ3v) is 5.26. The van der Waals surface area contributed by atoms with Crippen LogP contribution in [-0.4, -0.2) is 5.33 Å². The predicted octanol–water partition coefficient (Wildman–Crippen LogP) is 8.12. The lowest BCUT2D eigenvalue weighted by molar-refractivity contribution is 0.536. The molecule has 0 aliphatic heterocycles. The molecule has 0 unspecified atom stereocenters. The zero-order valence-electron chi connectivity index (χ0n) is 14.6. The van der Waals surface area contributed by atoms with Gasteiger partial charge in [0.1, 0.15) is 0 Å². The Morgan fingerprint density at radius 3 is 1.50 bits per heavy atom. The third-order valence-electron chi connectivity index (χ3n) is 4.70. The van der Waals surface area contributed by atoms with E-state index in [0.29, 0.717) is 0 Å². The first-order chi connectivity index (χ1) is 10.9. The average Bonchev–Trinajstić information content (AvgIpc) is 3.04. The van der Waals surface area contributed by atoms with E-state index in [9.17, 15) is 0 Å². The fraction of sp³-hybridized carbons (Fsp3) is 0.810. The van der Waals surface area contributed by atoms with E-state index in [-0.39, 0.29) is 0 Å². The Labute approximate surface area is 148 Å². The van der Waals surface area contributed by atoms with Crippen LogP contribution in [0.2, 0.25) is 0 Å². The van der Waals surface area contributed by atoms with Crippen LogP contribution in [-0.2, 0) is 0 Å². The van der Waals surface area contributed by atoms with Crippen molar-refractivity contribution in [2.75, 3.05) is 5.33 Å². The molecule has 1 heteroatoms. The van der Waals surface area contributed by atoms with Crippen molar-refractivity contribution in [3.63, 3.8) is 0 Å². The molecule has 0 nitrogen and oxygen atoms in total. The Morgan fingerprint density at radius 1 is 0.636 bits per heavy atom. The summed E-state index contributed by atoms with van der Waals surface area (Å²) in [5.41, 5.74) is 1.58. The maximum absolute atomic E-state index is 3.50. The second kappa shape index (κ2) is 15.8. The highest BCUT2D eigenvalue weighted by molar-refractivity contribution is 9.09. The summed E-state index contributed by atoms with van der Waals surface area (Å²) in [5.74, 6) is 0. The van der Waals surface area contributed by atoms with Crippen molar-refractivity contribution in [3.8, 4) is 0 Å². The summed E-state index contributed by atoms with van der Waals surface area (Å²) >= 11 is 3.50. The lowest BCUT2D eigenvalue weighted by atomic mass is 10.0. The third kappa shape index (κ3) is 12.5. The van der Waals surface area contributed by atoms with Gasteiger partial charge in [0.2, 0.25) is 0 Å². The Kier molecular flexibility index (Phi) is 14.4. The van der Waals surface area contributed by atoms with Crippen molar-refractivity contribution in [2.45, 2.75) is 103 Å². The smallest absolute Gasteiger partial charge is 0.00313 e. The first-order valence-electron chi connectivity index (χ1n) is 9.85. The molecule has 1 aliphatic carbocycles. The molecule has 0 aromatic carbocycles. The van der Waals surface area contributed by atoms with E-state index in [1.165, 1.54) is 108 Å². The SMILES string of the molecule is BrCCCCCCCCCCCCCCCCC1=CCC=C1. The second-order valence-electron chi connectivity index (χ2n) is 6.81. The van der Waals surface area contributed by atoms with Gasteiger partial charge >= 0.3 is 0 Å². The van der Waals surface area contributed by atoms with E-state index < -0.39 is 0 Å². The van der Waals surface area contributed by atoms with E-state index in [1.807, 2.05) is 0 Å². The summed E-state index contributed by atoms with van der Waals surface area (Å²) in [4.78, 5) is 0. The van der Waals surface area contributed by atoms with E-state index in [4.69, 9.17) is 0 Å². The molecule has 0 spiro atoms. The monoisotopic (exact) mass is 368 g/mol. The van der Waals surface area contributed by atoms with Crippen molar-refractivity contribution in [2.24, 2.45) is 0 Å². The largest absolute Gasteiger partial charge is 0.0928 e. The number of rotatable bonds is 16. The van der Waals surface area contributed by atoms with Gasteiger partial charge in [-0.1, -0.05) is 117 Å². The van der Waals surface area contributed by atoms with Gasteiger partial charge in [0.25, 0.3) is 0 Å². The number of unbranched alkanes of at least 4 members (excludes halogenated alkanes) is 13. The summed E-state index contributed by atoms with van der Waals surface area (Å²) in [5, 5.41) is 1.18. The van der Waals surface area contributed by atoms with Crippen LogP contribution in [0.1, 0.15) is 103 Å². The molecule has 0 saturated carbocycles. The van der Waals surface area contributed by atoms with Crippen LogP contribution in [0.25, 0.3) is 0 Å². The van der Waals surface area contributed by atoms with Gasteiger partial charge in [-0.25, -0.2) is 0 Å². The first kappa shape index (κ1) is 20.0. The molecule has 0 heterocycles. The van der Waals surface area contributed by atoms with E-state index in [2.05, 4.69) is 34.2 Å². The quantitative estimate of drug-likeness (QED) is 0.190. The van der Waals surface area contributed by atoms with Crippen LogP contribution in [0.5, 0.6) is 0 Å². The van der Waals surface area contributed by atoms with Crippen LogP contribution >= 0.6 is 15.9 Å². The molecule has 128 valence electrons. The predicted molar refractivity (Wildman–Crippen MR) is 105 cm³/mol. The summed E-state index contributed by atoms with van der Waals surface area (Å²) in [6.07, 6.45) is 29.7. The highest BCUT2D eigenvalue weighted by Crippen LogP contribution is 2.18. The van der Waals surface area contributed by atoms with E-state index in [0.717, 1.165) is 0 Å². The summed E-state index contributed by atoms with van der Waals surface area (Å²) in [6.45, 7) is 0. The zero-order valence-corrected chi connectivity index (χ0v) is 16.2. The topological polar surface area (TPSA) is 0 Å². The Morgan fingerprint density at radius 2 is 1.09 bits per heavy atom. The van der Waals surface area contributed by atoms with Crippen molar-refractivity contribution in [1.82, 2.24) is 0 Å². The molecule has 0 N–H and O–H groups in total. The minimum atomic E-state index is 1.17. The van der Waals surface area contributed by atoms with Gasteiger partial charge in [-0.15, -0.1) is 0 Å². The Balaban J connectivity index is 1.67. The molecule has 1 rings (SSSR count). The highest BCUT2D eigenvalue weighted by Gasteiger charge is 1.98. The average molecular weight is 369 g/mol. The lowest BCUT2D eigenvalue weighted by Crippen LogP contribution is -1.84. The van der Waals surface area contributed by atoms with Crippen molar-refractivity contribution in [1.29, 1.82) is 0 Å². The maximum atomic E-state index is 3.50. The van der Waals surface area contributed by atoms with Gasteiger partial charge in [0, 0.05) is 5.33 Å². The Bertz CT molecular complexity index is 290. The van der Waals surface area contributed by atoms with Gasteiger partial charge in [0.05, 0.1) is 0 Å². The summed E-state index contributed by atoms with van der Waals surface area (Å²) in [7, 11) is 0. The van der Waals surface area contributed by atoms with Crippen LogP contribution in [0.4, 0.5) is 0 Å². The maximum Gasteiger partial charge on any atom is 0.00313 e. The zero-order chi connectivity index (χ0) is 15.7. The standard InChI is InChI=1S/C21H37Br/c22-20-16-12-10-8-6-4-2-1-3-5-7-9-11-13-17-21-18-14-15-19-21/h14,18-19H,1-13,15-17,20H2. The minimum absolute atomic E-state index is 1.17. The molecule has 0 saturated heterocycles. The summed E-state index contributed by atoms with van der Waals surface area (Å²) < 4.78 is 0.